The first-order valence-electron chi connectivity index (χ1n) is 2.27. The van der Waals surface area contributed by atoms with Crippen molar-refractivity contribution in [1.29, 1.82) is 0 Å². The summed E-state index contributed by atoms with van der Waals surface area (Å²) in [5.41, 5.74) is 5.24. The molecule has 1 aliphatic rings. The van der Waals surface area contributed by atoms with Gasteiger partial charge in [0.15, 0.2) is 9.84 Å². The summed E-state index contributed by atoms with van der Waals surface area (Å²) < 4.78 is 20.9. The second-order valence-corrected chi connectivity index (χ2v) is 3.75. The first kappa shape index (κ1) is 9.13. The molecule has 0 aromatic heterocycles. The second-order valence-electron chi connectivity index (χ2n) is 1.82. The summed E-state index contributed by atoms with van der Waals surface area (Å²) in [5.74, 6) is 0.0764. The van der Waals surface area contributed by atoms with Crippen LogP contribution < -0.4 is 5.73 Å². The van der Waals surface area contributed by atoms with Crippen LogP contribution in [0.15, 0.2) is 11.5 Å². The summed E-state index contributed by atoms with van der Waals surface area (Å²) in [4.78, 5) is 0. The third kappa shape index (κ3) is 2.47. The van der Waals surface area contributed by atoms with Gasteiger partial charge in [-0.15, -0.1) is 17.0 Å². The van der Waals surface area contributed by atoms with Crippen LogP contribution in [0.4, 0.5) is 0 Å². The lowest BCUT2D eigenvalue weighted by Crippen LogP contribution is -2.20. The summed E-state index contributed by atoms with van der Waals surface area (Å²) >= 11 is 0. The molecule has 0 spiro atoms. The van der Waals surface area contributed by atoms with Crippen molar-refractivity contribution >= 4 is 26.8 Å². The Morgan fingerprint density at radius 3 is 2.22 bits per heavy atom. The fraction of sp³-hybridized carbons (Fsp3) is 0.500. The van der Waals surface area contributed by atoms with Gasteiger partial charge in [0, 0.05) is 11.4 Å². The molecule has 54 valence electrons. The van der Waals surface area contributed by atoms with Crippen molar-refractivity contribution in [1.82, 2.24) is 0 Å². The summed E-state index contributed by atoms with van der Waals surface area (Å²) in [6, 6.07) is -0.278. The van der Waals surface area contributed by atoms with Gasteiger partial charge in [-0.05, 0) is 0 Å². The summed E-state index contributed by atoms with van der Waals surface area (Å²) in [6.45, 7) is 0. The zero-order valence-electron chi connectivity index (χ0n) is 4.65. The van der Waals surface area contributed by atoms with Crippen molar-refractivity contribution in [3.05, 3.63) is 11.5 Å². The molecule has 1 rings (SSSR count). The topological polar surface area (TPSA) is 60.2 Å². The lowest BCUT2D eigenvalue weighted by Gasteiger charge is -1.91. The molecule has 1 atom stereocenters. The highest BCUT2D eigenvalue weighted by molar-refractivity contribution is 8.93. The van der Waals surface area contributed by atoms with Crippen LogP contribution >= 0.6 is 17.0 Å². The van der Waals surface area contributed by atoms with Crippen molar-refractivity contribution < 1.29 is 8.42 Å². The molecular formula is C4H8BrNO2S. The Morgan fingerprint density at radius 2 is 2.11 bits per heavy atom. The van der Waals surface area contributed by atoms with Gasteiger partial charge in [0.05, 0.1) is 5.75 Å². The van der Waals surface area contributed by atoms with Crippen molar-refractivity contribution in [3.8, 4) is 0 Å². The van der Waals surface area contributed by atoms with E-state index in [1.54, 1.807) is 0 Å². The SMILES string of the molecule is Br.NC1C=CS(=O)(=O)C1. The van der Waals surface area contributed by atoms with Gasteiger partial charge in [-0.3, -0.25) is 0 Å². The summed E-state index contributed by atoms with van der Waals surface area (Å²) in [6.07, 6.45) is 1.50. The van der Waals surface area contributed by atoms with Crippen LogP contribution in [0.25, 0.3) is 0 Å². The standard InChI is InChI=1S/C4H7NO2S.BrH/c5-4-1-2-8(6,7)3-4;/h1-2,4H,3,5H2;1H. The highest BCUT2D eigenvalue weighted by Crippen LogP contribution is 2.04. The molecule has 2 N–H and O–H groups in total. The molecule has 0 radical (unpaired) electrons. The molecule has 0 fully saturated rings. The Labute approximate surface area is 64.6 Å². The summed E-state index contributed by atoms with van der Waals surface area (Å²) in [5, 5.41) is 1.16. The van der Waals surface area contributed by atoms with Crippen LogP contribution in [0.2, 0.25) is 0 Å². The van der Waals surface area contributed by atoms with Crippen molar-refractivity contribution in [3.63, 3.8) is 0 Å². The van der Waals surface area contributed by atoms with E-state index < -0.39 is 9.84 Å². The third-order valence-corrected chi connectivity index (χ3v) is 2.38. The van der Waals surface area contributed by atoms with Gasteiger partial charge in [-0.1, -0.05) is 6.08 Å². The fourth-order valence-corrected chi connectivity index (χ4v) is 1.80. The van der Waals surface area contributed by atoms with Crippen LogP contribution in [0.5, 0.6) is 0 Å². The highest BCUT2D eigenvalue weighted by atomic mass is 79.9. The first-order valence-corrected chi connectivity index (χ1v) is 3.98. The van der Waals surface area contributed by atoms with E-state index in [2.05, 4.69) is 0 Å². The normalized spacial score (nSPS) is 29.7. The molecule has 5 heteroatoms. The van der Waals surface area contributed by atoms with E-state index in [9.17, 15) is 8.42 Å². The molecule has 0 bridgehead atoms. The fourth-order valence-electron chi connectivity index (χ4n) is 0.600. The maximum absolute atomic E-state index is 10.5. The monoisotopic (exact) mass is 213 g/mol. The molecular weight excluding hydrogens is 206 g/mol. The van der Waals surface area contributed by atoms with E-state index in [1.807, 2.05) is 0 Å². The Balaban J connectivity index is 0.000000640. The summed E-state index contributed by atoms with van der Waals surface area (Å²) in [7, 11) is -2.90. The molecule has 9 heavy (non-hydrogen) atoms. The molecule has 0 saturated heterocycles. The van der Waals surface area contributed by atoms with Gasteiger partial charge < -0.3 is 5.73 Å². The quantitative estimate of drug-likeness (QED) is 0.609. The van der Waals surface area contributed by atoms with E-state index in [4.69, 9.17) is 5.73 Å². The largest absolute Gasteiger partial charge is 0.324 e. The molecule has 0 aromatic rings. The van der Waals surface area contributed by atoms with Crippen LogP contribution in [-0.4, -0.2) is 20.2 Å². The molecule has 0 saturated carbocycles. The van der Waals surface area contributed by atoms with Crippen LogP contribution in [0, 0.1) is 0 Å². The third-order valence-electron chi connectivity index (χ3n) is 0.958. The average molecular weight is 214 g/mol. The van der Waals surface area contributed by atoms with E-state index in [-0.39, 0.29) is 28.8 Å². The zero-order chi connectivity index (χ0) is 6.20. The number of hydrogen-bond donors (Lipinski definition) is 1. The van der Waals surface area contributed by atoms with E-state index >= 15 is 0 Å². The minimum atomic E-state index is -2.90. The highest BCUT2D eigenvalue weighted by Gasteiger charge is 2.16. The molecule has 0 amide bonds. The van der Waals surface area contributed by atoms with E-state index in [0.717, 1.165) is 5.41 Å². The van der Waals surface area contributed by atoms with Crippen LogP contribution in [-0.2, 0) is 9.84 Å². The maximum atomic E-state index is 10.5. The second kappa shape index (κ2) is 2.81. The van der Waals surface area contributed by atoms with Gasteiger partial charge in [0.25, 0.3) is 0 Å². The Morgan fingerprint density at radius 1 is 1.56 bits per heavy atom. The smallest absolute Gasteiger partial charge is 0.173 e. The molecule has 1 unspecified atom stereocenters. The van der Waals surface area contributed by atoms with Crippen molar-refractivity contribution in [2.75, 3.05) is 5.75 Å². The van der Waals surface area contributed by atoms with E-state index in [1.165, 1.54) is 6.08 Å². The molecule has 1 aliphatic heterocycles. The molecule has 3 nitrogen and oxygen atoms in total. The van der Waals surface area contributed by atoms with Crippen LogP contribution in [0.3, 0.4) is 0 Å². The van der Waals surface area contributed by atoms with Gasteiger partial charge in [0.1, 0.15) is 0 Å². The van der Waals surface area contributed by atoms with Crippen molar-refractivity contribution in [2.45, 2.75) is 6.04 Å². The van der Waals surface area contributed by atoms with Gasteiger partial charge in [-0.2, -0.15) is 0 Å². The lowest BCUT2D eigenvalue weighted by atomic mass is 10.4. The lowest BCUT2D eigenvalue weighted by molar-refractivity contribution is 0.604. The predicted molar refractivity (Wildman–Crippen MR) is 41.2 cm³/mol. The first-order chi connectivity index (χ1) is 3.60. The predicted octanol–water partition coefficient (Wildman–Crippen LogP) is -0.166. The Hall–Kier alpha value is 0.130. The molecule has 0 aliphatic carbocycles. The molecule has 0 aromatic carbocycles. The number of halogens is 1. The minimum Gasteiger partial charge on any atom is -0.324 e. The number of nitrogens with two attached hydrogens (primary N) is 1. The number of hydrogen-bond acceptors (Lipinski definition) is 3. The zero-order valence-corrected chi connectivity index (χ0v) is 7.18. The number of rotatable bonds is 0. The van der Waals surface area contributed by atoms with Crippen molar-refractivity contribution in [2.24, 2.45) is 5.73 Å². The molecule has 1 heterocycles. The maximum Gasteiger partial charge on any atom is 0.173 e. The Kier molecular flexibility index (Phi) is 2.85. The number of sulfone groups is 1. The van der Waals surface area contributed by atoms with E-state index in [0.29, 0.717) is 0 Å². The van der Waals surface area contributed by atoms with Gasteiger partial charge >= 0.3 is 0 Å². The van der Waals surface area contributed by atoms with Gasteiger partial charge in [-0.25, -0.2) is 8.42 Å². The average Bonchev–Trinajstić information content (AvgIpc) is 1.82. The Bertz CT molecular complexity index is 209. The van der Waals surface area contributed by atoms with Crippen LogP contribution in [0.1, 0.15) is 0 Å². The van der Waals surface area contributed by atoms with Gasteiger partial charge in [0.2, 0.25) is 0 Å². The minimum absolute atomic E-state index is 0.